The third-order valence-corrected chi connectivity index (χ3v) is 3.81. The molecule has 1 aromatic carbocycles. The number of nitrogens with one attached hydrogen (secondary N) is 1. The van der Waals surface area contributed by atoms with Crippen molar-refractivity contribution in [2.24, 2.45) is 5.41 Å². The van der Waals surface area contributed by atoms with Gasteiger partial charge in [0, 0.05) is 11.3 Å². The Morgan fingerprint density at radius 3 is 2.75 bits per heavy atom. The van der Waals surface area contributed by atoms with Crippen LogP contribution in [0.3, 0.4) is 0 Å². The van der Waals surface area contributed by atoms with E-state index in [0.717, 1.165) is 12.8 Å². The van der Waals surface area contributed by atoms with Crippen LogP contribution < -0.4 is 10.1 Å². The fourth-order valence-electron chi connectivity index (χ4n) is 2.60. The van der Waals surface area contributed by atoms with E-state index < -0.39 is 5.41 Å². The summed E-state index contributed by atoms with van der Waals surface area (Å²) in [4.78, 5) is 12.3. The van der Waals surface area contributed by atoms with Gasteiger partial charge in [-0.1, -0.05) is 12.8 Å². The molecule has 0 spiro atoms. The van der Waals surface area contributed by atoms with Crippen molar-refractivity contribution in [3.05, 3.63) is 23.8 Å². The van der Waals surface area contributed by atoms with Gasteiger partial charge in [-0.15, -0.1) is 0 Å². The maximum absolute atomic E-state index is 12.3. The molecule has 1 amide bonds. The minimum atomic E-state index is -0.903. The summed E-state index contributed by atoms with van der Waals surface area (Å²) in [6, 6.07) is 7.22. The van der Waals surface area contributed by atoms with Crippen molar-refractivity contribution in [1.29, 1.82) is 5.26 Å². The standard InChI is InChI=1S/C15H18N2O3/c1-20-13-5-4-12(8-11(13)9-18)17-14(19)15(10-16)6-2-3-7-15/h4-5,8,18H,2-3,6-7,9H2,1H3,(H,17,19). The summed E-state index contributed by atoms with van der Waals surface area (Å²) in [6.07, 6.45) is 3.04. The number of aliphatic hydroxyl groups excluding tert-OH is 1. The van der Waals surface area contributed by atoms with Crippen molar-refractivity contribution < 1.29 is 14.6 Å². The molecule has 0 heterocycles. The van der Waals surface area contributed by atoms with Crippen LogP contribution in [0, 0.1) is 16.7 Å². The zero-order valence-corrected chi connectivity index (χ0v) is 11.5. The van der Waals surface area contributed by atoms with E-state index in [9.17, 15) is 15.2 Å². The number of hydrogen-bond donors (Lipinski definition) is 2. The van der Waals surface area contributed by atoms with Crippen LogP contribution >= 0.6 is 0 Å². The summed E-state index contributed by atoms with van der Waals surface area (Å²) in [5.41, 5.74) is 0.267. The summed E-state index contributed by atoms with van der Waals surface area (Å²) < 4.78 is 5.11. The minimum Gasteiger partial charge on any atom is -0.496 e. The van der Waals surface area contributed by atoms with Gasteiger partial charge in [0.15, 0.2) is 0 Å². The number of ether oxygens (including phenoxy) is 1. The Bertz CT molecular complexity index is 543. The van der Waals surface area contributed by atoms with E-state index in [0.29, 0.717) is 29.8 Å². The lowest BCUT2D eigenvalue weighted by atomic mass is 9.87. The molecule has 1 aliphatic carbocycles. The fourth-order valence-corrected chi connectivity index (χ4v) is 2.60. The van der Waals surface area contributed by atoms with Gasteiger partial charge >= 0.3 is 0 Å². The Labute approximate surface area is 118 Å². The van der Waals surface area contributed by atoms with E-state index in [-0.39, 0.29) is 12.5 Å². The number of hydrogen-bond acceptors (Lipinski definition) is 4. The molecule has 1 aromatic rings. The fraction of sp³-hybridized carbons (Fsp3) is 0.467. The van der Waals surface area contributed by atoms with E-state index in [1.807, 2.05) is 0 Å². The number of amides is 1. The number of carbonyl (C=O) groups excluding carboxylic acids is 1. The zero-order valence-electron chi connectivity index (χ0n) is 11.5. The van der Waals surface area contributed by atoms with E-state index >= 15 is 0 Å². The zero-order chi connectivity index (χ0) is 14.6. The van der Waals surface area contributed by atoms with Crippen LogP contribution in [0.4, 0.5) is 5.69 Å². The van der Waals surface area contributed by atoms with Gasteiger partial charge in [-0.05, 0) is 31.0 Å². The first-order valence-electron chi connectivity index (χ1n) is 6.66. The number of rotatable bonds is 4. The second-order valence-corrected chi connectivity index (χ2v) is 5.04. The first-order valence-corrected chi connectivity index (χ1v) is 6.66. The van der Waals surface area contributed by atoms with Crippen LogP contribution in [0.5, 0.6) is 5.75 Å². The summed E-state index contributed by atoms with van der Waals surface area (Å²) in [5.74, 6) is 0.313. The molecule has 0 radical (unpaired) electrons. The van der Waals surface area contributed by atoms with Crippen molar-refractivity contribution in [2.45, 2.75) is 32.3 Å². The van der Waals surface area contributed by atoms with Gasteiger partial charge in [-0.3, -0.25) is 4.79 Å². The van der Waals surface area contributed by atoms with Gasteiger partial charge in [0.25, 0.3) is 0 Å². The van der Waals surface area contributed by atoms with Gasteiger partial charge in [-0.2, -0.15) is 5.26 Å². The normalized spacial score (nSPS) is 16.4. The van der Waals surface area contributed by atoms with E-state index in [4.69, 9.17) is 4.74 Å². The average molecular weight is 274 g/mol. The van der Waals surface area contributed by atoms with Gasteiger partial charge in [0.2, 0.25) is 5.91 Å². The van der Waals surface area contributed by atoms with Crippen LogP contribution in [0.2, 0.25) is 0 Å². The van der Waals surface area contributed by atoms with Crippen molar-refractivity contribution in [3.8, 4) is 11.8 Å². The topological polar surface area (TPSA) is 82.3 Å². The highest BCUT2D eigenvalue weighted by Gasteiger charge is 2.41. The van der Waals surface area contributed by atoms with Crippen LogP contribution in [0.1, 0.15) is 31.2 Å². The molecule has 0 atom stereocenters. The molecule has 0 aliphatic heterocycles. The molecular weight excluding hydrogens is 256 g/mol. The number of nitrogens with zero attached hydrogens (tertiary/aromatic N) is 1. The van der Waals surface area contributed by atoms with Crippen LogP contribution in [0.15, 0.2) is 18.2 Å². The molecule has 0 aromatic heterocycles. The van der Waals surface area contributed by atoms with Gasteiger partial charge in [0.1, 0.15) is 11.2 Å². The number of benzene rings is 1. The highest BCUT2D eigenvalue weighted by molar-refractivity contribution is 5.97. The molecule has 0 saturated heterocycles. The lowest BCUT2D eigenvalue weighted by Crippen LogP contribution is -2.32. The van der Waals surface area contributed by atoms with E-state index in [1.165, 1.54) is 7.11 Å². The molecule has 1 fully saturated rings. The second-order valence-electron chi connectivity index (χ2n) is 5.04. The quantitative estimate of drug-likeness (QED) is 0.881. The number of anilines is 1. The van der Waals surface area contributed by atoms with Crippen molar-refractivity contribution in [2.75, 3.05) is 12.4 Å². The predicted molar refractivity (Wildman–Crippen MR) is 74.1 cm³/mol. The Kier molecular flexibility index (Phi) is 4.26. The third-order valence-electron chi connectivity index (χ3n) is 3.81. The maximum atomic E-state index is 12.3. The lowest BCUT2D eigenvalue weighted by Gasteiger charge is -2.19. The van der Waals surface area contributed by atoms with Gasteiger partial charge in [0.05, 0.1) is 19.8 Å². The summed E-state index contributed by atoms with van der Waals surface area (Å²) in [7, 11) is 1.52. The lowest BCUT2D eigenvalue weighted by molar-refractivity contribution is -0.122. The monoisotopic (exact) mass is 274 g/mol. The van der Waals surface area contributed by atoms with Crippen LogP contribution in [-0.4, -0.2) is 18.1 Å². The first-order chi connectivity index (χ1) is 9.65. The van der Waals surface area contributed by atoms with E-state index in [1.54, 1.807) is 18.2 Å². The second kappa shape index (κ2) is 5.93. The molecule has 5 nitrogen and oxygen atoms in total. The number of methoxy groups -OCH3 is 1. The summed E-state index contributed by atoms with van der Waals surface area (Å²) in [6.45, 7) is -0.170. The molecule has 20 heavy (non-hydrogen) atoms. The Balaban J connectivity index is 2.18. The van der Waals surface area contributed by atoms with Gasteiger partial charge in [-0.25, -0.2) is 0 Å². The molecule has 0 unspecified atom stereocenters. The molecule has 106 valence electrons. The van der Waals surface area contributed by atoms with Crippen molar-refractivity contribution in [3.63, 3.8) is 0 Å². The summed E-state index contributed by atoms with van der Waals surface area (Å²) in [5, 5.41) is 21.3. The number of carbonyl (C=O) groups is 1. The van der Waals surface area contributed by atoms with Crippen molar-refractivity contribution in [1.82, 2.24) is 0 Å². The molecule has 1 aliphatic rings. The molecule has 2 rings (SSSR count). The number of nitriles is 1. The SMILES string of the molecule is COc1ccc(NC(=O)C2(C#N)CCCC2)cc1CO. The highest BCUT2D eigenvalue weighted by atomic mass is 16.5. The molecule has 1 saturated carbocycles. The Morgan fingerprint density at radius 2 is 2.20 bits per heavy atom. The van der Waals surface area contributed by atoms with Gasteiger partial charge < -0.3 is 15.2 Å². The Morgan fingerprint density at radius 1 is 1.50 bits per heavy atom. The predicted octanol–water partition coefficient (Wildman–Crippen LogP) is 2.21. The van der Waals surface area contributed by atoms with Crippen LogP contribution in [-0.2, 0) is 11.4 Å². The maximum Gasteiger partial charge on any atom is 0.244 e. The third kappa shape index (κ3) is 2.61. The molecule has 5 heteroatoms. The minimum absolute atomic E-state index is 0.170. The molecule has 2 N–H and O–H groups in total. The average Bonchev–Trinajstić information content (AvgIpc) is 2.97. The Hall–Kier alpha value is -2.06. The van der Waals surface area contributed by atoms with E-state index in [2.05, 4.69) is 11.4 Å². The highest BCUT2D eigenvalue weighted by Crippen LogP contribution is 2.38. The van der Waals surface area contributed by atoms with Crippen molar-refractivity contribution >= 4 is 11.6 Å². The number of aliphatic hydroxyl groups is 1. The van der Waals surface area contributed by atoms with Crippen LogP contribution in [0.25, 0.3) is 0 Å². The molecule has 0 bridgehead atoms. The largest absolute Gasteiger partial charge is 0.496 e. The molecular formula is C15H18N2O3. The summed E-state index contributed by atoms with van der Waals surface area (Å²) >= 11 is 0. The smallest absolute Gasteiger partial charge is 0.244 e. The first kappa shape index (κ1) is 14.4.